The summed E-state index contributed by atoms with van der Waals surface area (Å²) in [6, 6.07) is 14.6. The first kappa shape index (κ1) is 24.0. The SMILES string of the molecule is Cc1cc(NC(=O)C2CCN(S(=O)(=O)c3ccccc3)CC2)n(-c2ccccc2C(F)(F)F)n1. The average molecular weight is 493 g/mol. The number of carbonyl (C=O) groups is 1. The molecule has 3 aromatic rings. The summed E-state index contributed by atoms with van der Waals surface area (Å²) >= 11 is 0. The van der Waals surface area contributed by atoms with Crippen LogP contribution in [0.15, 0.2) is 65.6 Å². The number of piperidine rings is 1. The number of aromatic nitrogens is 2. The Morgan fingerprint density at radius 2 is 1.65 bits per heavy atom. The molecule has 0 bridgehead atoms. The second-order valence-electron chi connectivity index (χ2n) is 8.08. The highest BCUT2D eigenvalue weighted by molar-refractivity contribution is 7.89. The van der Waals surface area contributed by atoms with Crippen LogP contribution in [0.25, 0.3) is 5.69 Å². The molecular weight excluding hydrogens is 469 g/mol. The predicted molar refractivity (Wildman–Crippen MR) is 120 cm³/mol. The van der Waals surface area contributed by atoms with Crippen molar-refractivity contribution in [1.29, 1.82) is 0 Å². The van der Waals surface area contributed by atoms with Crippen LogP contribution < -0.4 is 5.32 Å². The van der Waals surface area contributed by atoms with Gasteiger partial charge >= 0.3 is 6.18 Å². The van der Waals surface area contributed by atoms with Crippen molar-refractivity contribution in [2.24, 2.45) is 5.92 Å². The lowest BCUT2D eigenvalue weighted by Crippen LogP contribution is -2.41. The summed E-state index contributed by atoms with van der Waals surface area (Å²) in [5, 5.41) is 6.84. The third-order valence-electron chi connectivity index (χ3n) is 5.73. The predicted octanol–water partition coefficient (Wildman–Crippen LogP) is 4.24. The molecule has 34 heavy (non-hydrogen) atoms. The van der Waals surface area contributed by atoms with Gasteiger partial charge in [-0.2, -0.15) is 22.6 Å². The van der Waals surface area contributed by atoms with Crippen LogP contribution in [0.4, 0.5) is 19.0 Å². The zero-order valence-electron chi connectivity index (χ0n) is 18.3. The van der Waals surface area contributed by atoms with Gasteiger partial charge in [-0.3, -0.25) is 4.79 Å². The number of rotatable bonds is 5. The van der Waals surface area contributed by atoms with E-state index in [-0.39, 0.29) is 35.4 Å². The zero-order valence-corrected chi connectivity index (χ0v) is 19.1. The van der Waals surface area contributed by atoms with Gasteiger partial charge < -0.3 is 5.32 Å². The molecule has 1 amide bonds. The minimum atomic E-state index is -4.59. The minimum Gasteiger partial charge on any atom is -0.310 e. The summed E-state index contributed by atoms with van der Waals surface area (Å²) in [7, 11) is -3.65. The number of nitrogens with one attached hydrogen (secondary N) is 1. The highest BCUT2D eigenvalue weighted by Gasteiger charge is 2.35. The van der Waals surface area contributed by atoms with Gasteiger partial charge in [0.25, 0.3) is 0 Å². The Balaban J connectivity index is 1.49. The average Bonchev–Trinajstić information content (AvgIpc) is 3.19. The summed E-state index contributed by atoms with van der Waals surface area (Å²) < 4.78 is 68.5. The number of benzene rings is 2. The van der Waals surface area contributed by atoms with Crippen LogP contribution in [0, 0.1) is 12.8 Å². The molecule has 1 aromatic heterocycles. The topological polar surface area (TPSA) is 84.3 Å². The van der Waals surface area contributed by atoms with Crippen molar-refractivity contribution in [2.45, 2.75) is 30.8 Å². The summed E-state index contributed by atoms with van der Waals surface area (Å²) in [5.41, 5.74) is -0.619. The van der Waals surface area contributed by atoms with Gasteiger partial charge in [-0.25, -0.2) is 13.1 Å². The van der Waals surface area contributed by atoms with E-state index >= 15 is 0 Å². The Hall–Kier alpha value is -3.18. The van der Waals surface area contributed by atoms with E-state index in [4.69, 9.17) is 0 Å². The molecule has 4 rings (SSSR count). The Kier molecular flexibility index (Phi) is 6.50. The van der Waals surface area contributed by atoms with Gasteiger partial charge in [-0.1, -0.05) is 30.3 Å². The molecule has 0 unspecified atom stereocenters. The number of hydrogen-bond acceptors (Lipinski definition) is 4. The lowest BCUT2D eigenvalue weighted by molar-refractivity contribution is -0.137. The highest BCUT2D eigenvalue weighted by atomic mass is 32.2. The Morgan fingerprint density at radius 1 is 1.03 bits per heavy atom. The first-order valence-corrected chi connectivity index (χ1v) is 12.1. The van der Waals surface area contributed by atoms with Crippen LogP contribution in [0.3, 0.4) is 0 Å². The quantitative estimate of drug-likeness (QED) is 0.578. The van der Waals surface area contributed by atoms with Gasteiger partial charge in [-0.05, 0) is 44.0 Å². The van der Waals surface area contributed by atoms with Crippen molar-refractivity contribution in [1.82, 2.24) is 14.1 Å². The Labute approximate surface area is 195 Å². The minimum absolute atomic E-state index is 0.124. The first-order valence-electron chi connectivity index (χ1n) is 10.7. The van der Waals surface area contributed by atoms with Gasteiger partial charge in [0.2, 0.25) is 15.9 Å². The fourth-order valence-electron chi connectivity index (χ4n) is 4.00. The highest BCUT2D eigenvalue weighted by Crippen LogP contribution is 2.35. The summed E-state index contributed by atoms with van der Waals surface area (Å²) in [4.78, 5) is 13.1. The number of hydrogen-bond donors (Lipinski definition) is 1. The monoisotopic (exact) mass is 492 g/mol. The first-order chi connectivity index (χ1) is 16.1. The number of halogens is 3. The summed E-state index contributed by atoms with van der Waals surface area (Å²) in [6.07, 6.45) is -4.00. The van der Waals surface area contributed by atoms with E-state index in [1.165, 1.54) is 40.7 Å². The number of sulfonamides is 1. The molecule has 0 radical (unpaired) electrons. The molecule has 2 aromatic carbocycles. The lowest BCUT2D eigenvalue weighted by atomic mass is 9.97. The Bertz CT molecular complexity index is 1280. The van der Waals surface area contributed by atoms with Crippen LogP contribution in [0.1, 0.15) is 24.1 Å². The van der Waals surface area contributed by atoms with E-state index in [1.807, 2.05) is 0 Å². The molecule has 1 aliphatic rings. The van der Waals surface area contributed by atoms with Crippen LogP contribution in [0.5, 0.6) is 0 Å². The van der Waals surface area contributed by atoms with Gasteiger partial charge in [0.15, 0.2) is 0 Å². The van der Waals surface area contributed by atoms with E-state index in [1.54, 1.807) is 25.1 Å². The van der Waals surface area contributed by atoms with Crippen LogP contribution in [-0.2, 0) is 21.0 Å². The fourth-order valence-corrected chi connectivity index (χ4v) is 5.49. The van der Waals surface area contributed by atoms with Crippen molar-refractivity contribution in [3.63, 3.8) is 0 Å². The molecule has 2 heterocycles. The van der Waals surface area contributed by atoms with Gasteiger partial charge in [0.05, 0.1) is 21.8 Å². The fraction of sp³-hybridized carbons (Fsp3) is 0.304. The number of aryl methyl sites for hydroxylation is 1. The van der Waals surface area contributed by atoms with E-state index in [2.05, 4.69) is 10.4 Å². The third-order valence-corrected chi connectivity index (χ3v) is 7.64. The maximum Gasteiger partial charge on any atom is 0.418 e. The molecule has 0 saturated carbocycles. The van der Waals surface area contributed by atoms with Crippen molar-refractivity contribution >= 4 is 21.7 Å². The molecule has 1 N–H and O–H groups in total. The van der Waals surface area contributed by atoms with Gasteiger partial charge in [0.1, 0.15) is 5.82 Å². The molecule has 0 spiro atoms. The standard InChI is InChI=1S/C23H23F3N4O3S/c1-16-15-21(30(28-16)20-10-6-5-9-19(20)23(24,25)26)27-22(31)17-11-13-29(14-12-17)34(32,33)18-7-3-2-4-8-18/h2-10,15,17H,11-14H2,1H3,(H,27,31). The molecule has 1 aliphatic heterocycles. The van der Waals surface area contributed by atoms with Gasteiger partial charge in [0, 0.05) is 25.1 Å². The normalized spacial score (nSPS) is 15.9. The third kappa shape index (κ3) is 4.85. The number of nitrogens with zero attached hydrogens (tertiary/aromatic N) is 3. The zero-order chi connectivity index (χ0) is 24.5. The maximum absolute atomic E-state index is 13.5. The van der Waals surface area contributed by atoms with Gasteiger partial charge in [-0.15, -0.1) is 0 Å². The molecule has 1 saturated heterocycles. The van der Waals surface area contributed by atoms with E-state index in [0.29, 0.717) is 18.5 Å². The van der Waals surface area contributed by atoms with Crippen molar-refractivity contribution in [2.75, 3.05) is 18.4 Å². The van der Waals surface area contributed by atoms with Crippen LogP contribution in [-0.4, -0.2) is 41.5 Å². The second kappa shape index (κ2) is 9.22. The second-order valence-corrected chi connectivity index (χ2v) is 10.0. The number of anilines is 1. The number of amides is 1. The largest absolute Gasteiger partial charge is 0.418 e. The smallest absolute Gasteiger partial charge is 0.310 e. The van der Waals surface area contributed by atoms with Crippen molar-refractivity contribution in [3.8, 4) is 5.69 Å². The molecule has 0 atom stereocenters. The molecular formula is C23H23F3N4O3S. The number of alkyl halides is 3. The molecule has 180 valence electrons. The van der Waals surface area contributed by atoms with Crippen LogP contribution in [0.2, 0.25) is 0 Å². The molecule has 7 nitrogen and oxygen atoms in total. The lowest BCUT2D eigenvalue weighted by Gasteiger charge is -2.30. The molecule has 11 heteroatoms. The van der Waals surface area contributed by atoms with Crippen molar-refractivity contribution in [3.05, 3.63) is 71.9 Å². The van der Waals surface area contributed by atoms with Crippen molar-refractivity contribution < 1.29 is 26.4 Å². The van der Waals surface area contributed by atoms with E-state index in [0.717, 1.165) is 10.7 Å². The van der Waals surface area contributed by atoms with Crippen LogP contribution >= 0.6 is 0 Å². The Morgan fingerprint density at radius 3 is 2.29 bits per heavy atom. The summed E-state index contributed by atoms with van der Waals surface area (Å²) in [6.45, 7) is 1.96. The molecule has 0 aliphatic carbocycles. The number of para-hydroxylation sites is 1. The summed E-state index contributed by atoms with van der Waals surface area (Å²) in [5.74, 6) is -0.746. The van der Waals surface area contributed by atoms with E-state index in [9.17, 15) is 26.4 Å². The van der Waals surface area contributed by atoms with E-state index < -0.39 is 27.7 Å². The maximum atomic E-state index is 13.5. The number of carbonyl (C=O) groups excluding carboxylic acids is 1. The molecule has 1 fully saturated rings.